The van der Waals surface area contributed by atoms with E-state index in [4.69, 9.17) is 9.15 Å². The summed E-state index contributed by atoms with van der Waals surface area (Å²) in [6, 6.07) is 13.5. The third-order valence-electron chi connectivity index (χ3n) is 5.03. The van der Waals surface area contributed by atoms with Gasteiger partial charge >= 0.3 is 0 Å². The Balaban J connectivity index is 1.53. The quantitative estimate of drug-likeness (QED) is 0.671. The lowest BCUT2D eigenvalue weighted by molar-refractivity contribution is 0.0569. The van der Waals surface area contributed by atoms with Crippen molar-refractivity contribution < 1.29 is 13.9 Å². The Bertz CT molecular complexity index is 922. The first kappa shape index (κ1) is 18.2. The van der Waals surface area contributed by atoms with Crippen molar-refractivity contribution in [1.82, 2.24) is 14.9 Å². The van der Waals surface area contributed by atoms with Crippen LogP contribution in [0.25, 0.3) is 0 Å². The van der Waals surface area contributed by atoms with E-state index in [1.54, 1.807) is 31.6 Å². The fraction of sp³-hybridized carbons (Fsp3) is 0.318. The summed E-state index contributed by atoms with van der Waals surface area (Å²) in [6.07, 6.45) is 6.89. The molecule has 0 bridgehead atoms. The van der Waals surface area contributed by atoms with E-state index in [9.17, 15) is 4.79 Å². The lowest BCUT2D eigenvalue weighted by Gasteiger charge is -2.33. The molecule has 1 aliphatic rings. The van der Waals surface area contributed by atoms with Gasteiger partial charge in [-0.2, -0.15) is 0 Å². The second kappa shape index (κ2) is 8.25. The zero-order valence-corrected chi connectivity index (χ0v) is 15.9. The van der Waals surface area contributed by atoms with Crippen LogP contribution in [-0.4, -0.2) is 34.4 Å². The number of aromatic nitrogens is 2. The standard InChI is InChI=1S/C22H23N3O3/c1-27-20-11-10-17(14-23-20)22(26)25-12-6-5-9-19(25)21-24-15-18(28-21)13-16-7-3-2-4-8-16/h2-4,7-8,10-11,14-15,19H,5-6,9,12-13H2,1H3. The van der Waals surface area contributed by atoms with Crippen molar-refractivity contribution in [3.05, 3.63) is 77.6 Å². The van der Waals surface area contributed by atoms with Gasteiger partial charge in [0.05, 0.1) is 18.9 Å². The molecule has 6 heteroatoms. The number of pyridine rings is 1. The van der Waals surface area contributed by atoms with E-state index < -0.39 is 0 Å². The molecule has 0 N–H and O–H groups in total. The van der Waals surface area contributed by atoms with Gasteiger partial charge in [-0.1, -0.05) is 30.3 Å². The van der Waals surface area contributed by atoms with Gasteiger partial charge in [-0.3, -0.25) is 4.79 Å². The summed E-state index contributed by atoms with van der Waals surface area (Å²) in [5.74, 6) is 1.86. The number of rotatable bonds is 5. The molecule has 144 valence electrons. The monoisotopic (exact) mass is 377 g/mol. The maximum absolute atomic E-state index is 13.1. The number of benzene rings is 1. The predicted octanol–water partition coefficient (Wildman–Crippen LogP) is 4.04. The Morgan fingerprint density at radius 3 is 2.75 bits per heavy atom. The number of oxazole rings is 1. The van der Waals surface area contributed by atoms with E-state index in [0.717, 1.165) is 25.0 Å². The summed E-state index contributed by atoms with van der Waals surface area (Å²) in [6.45, 7) is 0.686. The maximum Gasteiger partial charge on any atom is 0.256 e. The first-order valence-corrected chi connectivity index (χ1v) is 9.54. The highest BCUT2D eigenvalue weighted by molar-refractivity contribution is 5.94. The van der Waals surface area contributed by atoms with Crippen LogP contribution in [0.5, 0.6) is 5.88 Å². The van der Waals surface area contributed by atoms with Gasteiger partial charge in [0, 0.05) is 25.2 Å². The third kappa shape index (κ3) is 3.91. The van der Waals surface area contributed by atoms with Crippen molar-refractivity contribution in [3.8, 4) is 5.88 Å². The predicted molar refractivity (Wildman–Crippen MR) is 104 cm³/mol. The molecule has 28 heavy (non-hydrogen) atoms. The fourth-order valence-electron chi connectivity index (χ4n) is 3.58. The van der Waals surface area contributed by atoms with Crippen LogP contribution in [0.15, 0.2) is 59.3 Å². The molecule has 6 nitrogen and oxygen atoms in total. The van der Waals surface area contributed by atoms with Crippen LogP contribution in [0.3, 0.4) is 0 Å². The topological polar surface area (TPSA) is 68.5 Å². The normalized spacial score (nSPS) is 16.8. The molecule has 0 radical (unpaired) electrons. The van der Waals surface area contributed by atoms with Gasteiger partial charge in [-0.15, -0.1) is 0 Å². The number of ether oxygens (including phenoxy) is 1. The van der Waals surface area contributed by atoms with Crippen molar-refractivity contribution in [1.29, 1.82) is 0 Å². The summed E-state index contributed by atoms with van der Waals surface area (Å²) in [7, 11) is 1.56. The lowest BCUT2D eigenvalue weighted by Crippen LogP contribution is -2.38. The number of carbonyl (C=O) groups is 1. The Labute approximate surface area is 164 Å². The molecule has 1 aliphatic heterocycles. The van der Waals surface area contributed by atoms with Crippen molar-refractivity contribution in [2.75, 3.05) is 13.7 Å². The molecular weight excluding hydrogens is 354 g/mol. The van der Waals surface area contributed by atoms with Crippen molar-refractivity contribution in [2.45, 2.75) is 31.7 Å². The van der Waals surface area contributed by atoms with E-state index in [2.05, 4.69) is 22.1 Å². The Morgan fingerprint density at radius 2 is 2.00 bits per heavy atom. The van der Waals surface area contributed by atoms with E-state index in [-0.39, 0.29) is 11.9 Å². The van der Waals surface area contributed by atoms with Crippen molar-refractivity contribution in [2.24, 2.45) is 0 Å². The Morgan fingerprint density at radius 1 is 1.14 bits per heavy atom. The minimum Gasteiger partial charge on any atom is -0.481 e. The smallest absolute Gasteiger partial charge is 0.256 e. The SMILES string of the molecule is COc1ccc(C(=O)N2CCCCC2c2ncc(Cc3ccccc3)o2)cn1. The van der Waals surface area contributed by atoms with E-state index in [0.29, 0.717) is 30.3 Å². The van der Waals surface area contributed by atoms with Gasteiger partial charge in [0.15, 0.2) is 0 Å². The molecule has 3 aromatic rings. The molecule has 1 amide bonds. The highest BCUT2D eigenvalue weighted by atomic mass is 16.5. The van der Waals surface area contributed by atoms with Crippen LogP contribution < -0.4 is 4.74 Å². The van der Waals surface area contributed by atoms with Gasteiger partial charge in [-0.25, -0.2) is 9.97 Å². The summed E-state index contributed by atoms with van der Waals surface area (Å²) in [4.78, 5) is 23.6. The van der Waals surface area contributed by atoms with Crippen LogP contribution >= 0.6 is 0 Å². The number of hydrogen-bond acceptors (Lipinski definition) is 5. The van der Waals surface area contributed by atoms with Gasteiger partial charge in [0.25, 0.3) is 5.91 Å². The molecule has 1 unspecified atom stereocenters. The molecule has 0 saturated carbocycles. The lowest BCUT2D eigenvalue weighted by atomic mass is 10.0. The highest BCUT2D eigenvalue weighted by Gasteiger charge is 2.32. The van der Waals surface area contributed by atoms with E-state index in [1.807, 2.05) is 23.1 Å². The molecule has 1 fully saturated rings. The molecular formula is C22H23N3O3. The van der Waals surface area contributed by atoms with Gasteiger partial charge < -0.3 is 14.1 Å². The average molecular weight is 377 g/mol. The Kier molecular flexibility index (Phi) is 5.37. The number of hydrogen-bond donors (Lipinski definition) is 0. The highest BCUT2D eigenvalue weighted by Crippen LogP contribution is 2.32. The summed E-state index contributed by atoms with van der Waals surface area (Å²) >= 11 is 0. The minimum absolute atomic E-state index is 0.0531. The van der Waals surface area contributed by atoms with E-state index in [1.165, 1.54) is 5.56 Å². The summed E-state index contributed by atoms with van der Waals surface area (Å²) < 4.78 is 11.1. The fourth-order valence-corrected chi connectivity index (χ4v) is 3.58. The Hall–Kier alpha value is -3.15. The first-order chi connectivity index (χ1) is 13.7. The minimum atomic E-state index is -0.145. The van der Waals surface area contributed by atoms with Gasteiger partial charge in [0.1, 0.15) is 11.8 Å². The van der Waals surface area contributed by atoms with Crippen molar-refractivity contribution >= 4 is 5.91 Å². The number of nitrogens with zero attached hydrogens (tertiary/aromatic N) is 3. The number of methoxy groups -OCH3 is 1. The first-order valence-electron chi connectivity index (χ1n) is 9.54. The zero-order valence-electron chi connectivity index (χ0n) is 15.9. The number of piperidine rings is 1. The van der Waals surface area contributed by atoms with E-state index >= 15 is 0 Å². The second-order valence-corrected chi connectivity index (χ2v) is 6.93. The molecule has 0 spiro atoms. The summed E-state index contributed by atoms with van der Waals surface area (Å²) in [5, 5.41) is 0. The largest absolute Gasteiger partial charge is 0.481 e. The van der Waals surface area contributed by atoms with Crippen LogP contribution in [-0.2, 0) is 6.42 Å². The molecule has 2 aromatic heterocycles. The van der Waals surface area contributed by atoms with Crippen LogP contribution in [0.4, 0.5) is 0 Å². The summed E-state index contributed by atoms with van der Waals surface area (Å²) in [5.41, 5.74) is 1.72. The number of carbonyl (C=O) groups excluding carboxylic acids is 1. The maximum atomic E-state index is 13.1. The third-order valence-corrected chi connectivity index (χ3v) is 5.03. The van der Waals surface area contributed by atoms with Gasteiger partial charge in [-0.05, 0) is 30.9 Å². The molecule has 3 heterocycles. The average Bonchev–Trinajstić information content (AvgIpc) is 3.22. The zero-order chi connectivity index (χ0) is 19.3. The second-order valence-electron chi connectivity index (χ2n) is 6.93. The van der Waals surface area contributed by atoms with Crippen LogP contribution in [0.1, 0.15) is 52.9 Å². The number of likely N-dealkylation sites (tertiary alicyclic amines) is 1. The molecule has 1 aromatic carbocycles. The van der Waals surface area contributed by atoms with Crippen molar-refractivity contribution in [3.63, 3.8) is 0 Å². The molecule has 4 rings (SSSR count). The molecule has 1 atom stereocenters. The van der Waals surface area contributed by atoms with Gasteiger partial charge in [0.2, 0.25) is 11.8 Å². The van der Waals surface area contributed by atoms with Crippen LogP contribution in [0.2, 0.25) is 0 Å². The van der Waals surface area contributed by atoms with Crippen LogP contribution in [0, 0.1) is 0 Å². The molecule has 1 saturated heterocycles. The number of amides is 1. The molecule has 0 aliphatic carbocycles.